The van der Waals surface area contributed by atoms with Crippen molar-refractivity contribution in [2.45, 2.75) is 135 Å². The molecule has 0 aliphatic heterocycles. The Morgan fingerprint density at radius 3 is 1.62 bits per heavy atom. The Bertz CT molecular complexity index is 334. The Labute approximate surface area is 160 Å². The largest absolute Gasteiger partial charge is 0.393 e. The molecule has 0 fully saturated rings. The zero-order valence-corrected chi connectivity index (χ0v) is 17.4. The predicted octanol–water partition coefficient (Wildman–Crippen LogP) is 4.70. The van der Waals surface area contributed by atoms with E-state index in [2.05, 4.69) is 6.92 Å². The van der Waals surface area contributed by atoms with Crippen molar-refractivity contribution in [3.8, 4) is 0 Å². The molecule has 0 radical (unpaired) electrons. The van der Waals surface area contributed by atoms with Crippen molar-refractivity contribution in [1.29, 1.82) is 0 Å². The molecule has 156 valence electrons. The van der Waals surface area contributed by atoms with E-state index in [9.17, 15) is 20.2 Å². The number of rotatable bonds is 18. The second-order valence-electron chi connectivity index (χ2n) is 7.88. The summed E-state index contributed by atoms with van der Waals surface area (Å²) >= 11 is 0. The molecular formula is C21H44NO4+. The smallest absolute Gasteiger partial charge is 0.300 e. The molecule has 0 aliphatic carbocycles. The van der Waals surface area contributed by atoms with Crippen LogP contribution in [0, 0.1) is 4.91 Å². The molecule has 0 bridgehead atoms. The molecule has 5 heteroatoms. The van der Waals surface area contributed by atoms with Crippen LogP contribution in [-0.2, 0) is 0 Å². The molecule has 0 heterocycles. The van der Waals surface area contributed by atoms with Gasteiger partial charge in [-0.1, -0.05) is 71.1 Å². The van der Waals surface area contributed by atoms with Crippen LogP contribution in [0.2, 0.25) is 0 Å². The summed E-state index contributed by atoms with van der Waals surface area (Å²) in [5.41, 5.74) is 0. The molecule has 26 heavy (non-hydrogen) atoms. The van der Waals surface area contributed by atoms with Gasteiger partial charge in [0.1, 0.15) is 6.10 Å². The van der Waals surface area contributed by atoms with Crippen molar-refractivity contribution in [1.82, 2.24) is 0 Å². The molecule has 0 saturated carbocycles. The number of nitroso groups, excluding NO2 is 1. The number of aliphatic hydroxyl groups excluding tert-OH is 3. The molecule has 0 amide bonds. The van der Waals surface area contributed by atoms with E-state index in [0.29, 0.717) is 17.6 Å². The van der Waals surface area contributed by atoms with Gasteiger partial charge in [-0.2, -0.15) is 0 Å². The lowest BCUT2D eigenvalue weighted by atomic mass is 9.97. The van der Waals surface area contributed by atoms with E-state index < -0.39 is 18.4 Å². The van der Waals surface area contributed by atoms with Gasteiger partial charge in [-0.05, 0) is 26.2 Å². The zero-order chi connectivity index (χ0) is 19.8. The second-order valence-corrected chi connectivity index (χ2v) is 7.88. The zero-order valence-electron chi connectivity index (χ0n) is 17.4. The van der Waals surface area contributed by atoms with Gasteiger partial charge < -0.3 is 15.3 Å². The summed E-state index contributed by atoms with van der Waals surface area (Å²) in [4.78, 5) is 12.1. The number of hydrogen-bond acceptors (Lipinski definition) is 4. The lowest BCUT2D eigenvalue weighted by Crippen LogP contribution is -2.40. The Morgan fingerprint density at radius 1 is 0.692 bits per heavy atom. The Hall–Kier alpha value is -0.520. The maximum atomic E-state index is 12.1. The molecule has 0 saturated heterocycles. The van der Waals surface area contributed by atoms with Crippen molar-refractivity contribution < 1.29 is 20.1 Å². The van der Waals surface area contributed by atoms with E-state index in [1.165, 1.54) is 39.0 Å². The van der Waals surface area contributed by atoms with Crippen molar-refractivity contribution in [3.63, 3.8) is 0 Å². The van der Waals surface area contributed by atoms with Gasteiger partial charge >= 0.3 is 0 Å². The fourth-order valence-electron chi connectivity index (χ4n) is 3.42. The second kappa shape index (κ2) is 16.6. The van der Waals surface area contributed by atoms with Crippen LogP contribution in [0.3, 0.4) is 0 Å². The topological polar surface area (TPSA) is 80.8 Å². The van der Waals surface area contributed by atoms with Crippen molar-refractivity contribution in [2.75, 3.05) is 0 Å². The predicted molar refractivity (Wildman–Crippen MR) is 107 cm³/mol. The summed E-state index contributed by atoms with van der Waals surface area (Å²) in [6.07, 6.45) is 12.5. The van der Waals surface area contributed by atoms with Crippen LogP contribution in [0.25, 0.3) is 0 Å². The third-order valence-electron chi connectivity index (χ3n) is 5.11. The molecule has 5 nitrogen and oxygen atoms in total. The highest BCUT2D eigenvalue weighted by atomic mass is 16.4. The molecule has 0 spiro atoms. The summed E-state index contributed by atoms with van der Waals surface area (Å²) < 4.78 is 0.674. The van der Waals surface area contributed by atoms with Crippen LogP contribution in [0.1, 0.15) is 111 Å². The fourth-order valence-corrected chi connectivity index (χ4v) is 3.42. The van der Waals surface area contributed by atoms with E-state index in [1.54, 1.807) is 0 Å². The maximum Gasteiger partial charge on any atom is 0.300 e. The van der Waals surface area contributed by atoms with Gasteiger partial charge in [0.25, 0.3) is 6.23 Å². The minimum atomic E-state index is -1.06. The van der Waals surface area contributed by atoms with Gasteiger partial charge in [0.15, 0.2) is 0 Å². The molecule has 0 aromatic rings. The minimum absolute atomic E-state index is 0.175. The van der Waals surface area contributed by atoms with Gasteiger partial charge in [0, 0.05) is 23.0 Å². The Balaban J connectivity index is 3.84. The molecule has 4 atom stereocenters. The third-order valence-corrected chi connectivity index (χ3v) is 5.11. The van der Waals surface area contributed by atoms with Crippen LogP contribution in [0.15, 0.2) is 0 Å². The van der Waals surface area contributed by atoms with E-state index in [-0.39, 0.29) is 6.10 Å². The summed E-state index contributed by atoms with van der Waals surface area (Å²) in [7, 11) is 0. The quantitative estimate of drug-likeness (QED) is 0.185. The number of aliphatic hydroxyl groups is 3. The number of nitrogens with zero attached hydrogens (tertiary/aromatic N) is 1. The molecule has 0 rings (SSSR count). The maximum absolute atomic E-state index is 12.1. The van der Waals surface area contributed by atoms with Crippen LogP contribution >= 0.6 is 0 Å². The number of unbranched alkanes of at least 4 members (excludes halogenated alkanes) is 9. The highest BCUT2D eigenvalue weighted by molar-refractivity contribution is 4.68. The Kier molecular flexibility index (Phi) is 16.3. The molecule has 0 aromatic carbocycles. The van der Waals surface area contributed by atoms with Gasteiger partial charge in [0.05, 0.1) is 6.10 Å². The summed E-state index contributed by atoms with van der Waals surface area (Å²) in [5.74, 6) is 0. The summed E-state index contributed by atoms with van der Waals surface area (Å²) in [6, 6.07) is -0.490. The molecule has 4 unspecified atom stereocenters. The highest BCUT2D eigenvalue weighted by Gasteiger charge is 2.35. The lowest BCUT2D eigenvalue weighted by Gasteiger charge is -2.17. The first-order valence-corrected chi connectivity index (χ1v) is 10.9. The molecule has 0 aliphatic rings. The average molecular weight is 375 g/mol. The van der Waals surface area contributed by atoms with E-state index >= 15 is 0 Å². The summed E-state index contributed by atoms with van der Waals surface area (Å²) in [5, 5.41) is 29.1. The van der Waals surface area contributed by atoms with Gasteiger partial charge in [0.2, 0.25) is 6.04 Å². The first-order valence-electron chi connectivity index (χ1n) is 10.9. The van der Waals surface area contributed by atoms with Gasteiger partial charge in [-0.3, -0.25) is 0 Å². The molecular weight excluding hydrogens is 330 g/mol. The minimum Gasteiger partial charge on any atom is -0.393 e. The normalized spacial score (nSPS) is 16.2. The van der Waals surface area contributed by atoms with Crippen LogP contribution in [-0.4, -0.2) is 44.6 Å². The SMILES string of the molecule is CCCCCC(C(O)CCCCCCCCCCC(C)O)[N+](=O)C(C)O. The van der Waals surface area contributed by atoms with Crippen LogP contribution in [0.4, 0.5) is 0 Å². The van der Waals surface area contributed by atoms with Crippen molar-refractivity contribution >= 4 is 0 Å². The van der Waals surface area contributed by atoms with Gasteiger partial charge in [-0.15, -0.1) is 0 Å². The average Bonchev–Trinajstić information content (AvgIpc) is 2.59. The highest BCUT2D eigenvalue weighted by Crippen LogP contribution is 2.18. The van der Waals surface area contributed by atoms with Crippen LogP contribution < -0.4 is 0 Å². The fraction of sp³-hybridized carbons (Fsp3) is 1.00. The first kappa shape index (κ1) is 25.5. The number of hydrogen-bond donors (Lipinski definition) is 3. The molecule has 0 aromatic heterocycles. The van der Waals surface area contributed by atoms with E-state index in [0.717, 1.165) is 44.9 Å². The first-order chi connectivity index (χ1) is 12.4. The standard InChI is InChI=1S/C21H44NO4/c1-4-5-12-16-20(22(26)19(3)24)21(25)17-14-11-9-7-6-8-10-13-15-18(2)23/h18-21,23-25H,4-17H2,1-3H3/q+1. The third kappa shape index (κ3) is 13.7. The summed E-state index contributed by atoms with van der Waals surface area (Å²) in [6.45, 7) is 5.42. The lowest BCUT2D eigenvalue weighted by molar-refractivity contribution is -0.661. The Morgan fingerprint density at radius 2 is 1.15 bits per heavy atom. The van der Waals surface area contributed by atoms with Crippen molar-refractivity contribution in [3.05, 3.63) is 4.91 Å². The monoisotopic (exact) mass is 374 g/mol. The van der Waals surface area contributed by atoms with E-state index in [1.807, 2.05) is 6.92 Å². The van der Waals surface area contributed by atoms with Crippen molar-refractivity contribution in [2.24, 2.45) is 0 Å². The van der Waals surface area contributed by atoms with Crippen LogP contribution in [0.5, 0.6) is 0 Å². The molecule has 3 N–H and O–H groups in total. The van der Waals surface area contributed by atoms with Gasteiger partial charge in [-0.25, -0.2) is 0 Å². The van der Waals surface area contributed by atoms with E-state index in [4.69, 9.17) is 0 Å².